The molecule has 0 aliphatic carbocycles. The number of rotatable bonds is 2. The highest BCUT2D eigenvalue weighted by Crippen LogP contribution is 2.05. The maximum atomic E-state index is 11.0. The molecule has 3 amide bonds. The van der Waals surface area contributed by atoms with Crippen molar-refractivity contribution in [2.45, 2.75) is 13.5 Å². The van der Waals surface area contributed by atoms with Gasteiger partial charge in [0.25, 0.3) is 0 Å². The molecule has 7 heteroatoms. The Morgan fingerprint density at radius 3 is 2.71 bits per heavy atom. The second-order valence-corrected chi connectivity index (χ2v) is 2.81. The lowest BCUT2D eigenvalue weighted by atomic mass is 10.4. The van der Waals surface area contributed by atoms with Crippen molar-refractivity contribution in [2.75, 3.05) is 5.73 Å². The summed E-state index contributed by atoms with van der Waals surface area (Å²) in [5, 5.41) is 5.76. The van der Waals surface area contributed by atoms with Gasteiger partial charge in [-0.05, 0) is 6.92 Å². The lowest BCUT2D eigenvalue weighted by molar-refractivity contribution is -0.120. The Balaban J connectivity index is 2.60. The van der Waals surface area contributed by atoms with Gasteiger partial charge < -0.3 is 11.5 Å². The number of imide groups is 1. The normalized spacial score (nSPS) is 9.79. The summed E-state index contributed by atoms with van der Waals surface area (Å²) in [6, 6.07) is -0.883. The van der Waals surface area contributed by atoms with Crippen molar-refractivity contribution in [1.29, 1.82) is 0 Å². The molecular weight excluding hydrogens is 186 g/mol. The fourth-order valence-electron chi connectivity index (χ4n) is 0.941. The number of hydrogen-bond acceptors (Lipinski definition) is 4. The monoisotopic (exact) mass is 197 g/mol. The largest absolute Gasteiger partial charge is 0.382 e. The maximum Gasteiger partial charge on any atom is 0.318 e. The van der Waals surface area contributed by atoms with E-state index in [4.69, 9.17) is 11.5 Å². The molecule has 0 saturated carbocycles. The van der Waals surface area contributed by atoms with Gasteiger partial charge in [0.2, 0.25) is 5.91 Å². The van der Waals surface area contributed by atoms with E-state index in [1.54, 1.807) is 13.1 Å². The molecule has 0 saturated heterocycles. The van der Waals surface area contributed by atoms with Crippen LogP contribution in [-0.4, -0.2) is 21.7 Å². The smallest absolute Gasteiger partial charge is 0.318 e. The van der Waals surface area contributed by atoms with Gasteiger partial charge in [-0.3, -0.25) is 14.8 Å². The summed E-state index contributed by atoms with van der Waals surface area (Å²) in [6.45, 7) is 1.69. The molecule has 1 aromatic rings. The zero-order chi connectivity index (χ0) is 10.7. The Hall–Kier alpha value is -2.05. The second kappa shape index (κ2) is 3.77. The molecule has 0 spiro atoms. The molecule has 5 N–H and O–H groups in total. The maximum absolute atomic E-state index is 11.0. The van der Waals surface area contributed by atoms with Crippen LogP contribution in [-0.2, 0) is 11.3 Å². The zero-order valence-corrected chi connectivity index (χ0v) is 7.65. The SMILES string of the molecule is Cc1cn(CC(=O)NC(N)=O)nc1N. The molecule has 1 heterocycles. The average Bonchev–Trinajstić information content (AvgIpc) is 2.28. The zero-order valence-electron chi connectivity index (χ0n) is 7.65. The predicted octanol–water partition coefficient (Wildman–Crippen LogP) is -1.03. The topological polar surface area (TPSA) is 116 Å². The molecule has 14 heavy (non-hydrogen) atoms. The Morgan fingerprint density at radius 2 is 2.29 bits per heavy atom. The van der Waals surface area contributed by atoms with Crippen LogP contribution in [0.5, 0.6) is 0 Å². The van der Waals surface area contributed by atoms with Gasteiger partial charge in [-0.15, -0.1) is 0 Å². The minimum Gasteiger partial charge on any atom is -0.382 e. The number of nitrogens with zero attached hydrogens (tertiary/aromatic N) is 2. The van der Waals surface area contributed by atoms with Gasteiger partial charge in [0.15, 0.2) is 0 Å². The highest BCUT2D eigenvalue weighted by molar-refractivity contribution is 5.93. The lowest BCUT2D eigenvalue weighted by Gasteiger charge is -1.99. The molecule has 0 aliphatic heterocycles. The van der Waals surface area contributed by atoms with Crippen molar-refractivity contribution < 1.29 is 9.59 Å². The summed E-state index contributed by atoms with van der Waals surface area (Å²) in [4.78, 5) is 21.3. The van der Waals surface area contributed by atoms with E-state index in [1.165, 1.54) is 4.68 Å². The number of amides is 3. The molecule has 0 radical (unpaired) electrons. The second-order valence-electron chi connectivity index (χ2n) is 2.81. The molecule has 1 rings (SSSR count). The first-order chi connectivity index (χ1) is 6.49. The van der Waals surface area contributed by atoms with E-state index in [1.807, 2.05) is 5.32 Å². The first-order valence-corrected chi connectivity index (χ1v) is 3.88. The Labute approximate surface area is 80.1 Å². The third-order valence-electron chi connectivity index (χ3n) is 1.55. The molecule has 0 aliphatic rings. The van der Waals surface area contributed by atoms with Gasteiger partial charge in [0.05, 0.1) is 0 Å². The van der Waals surface area contributed by atoms with Crippen LogP contribution in [0.15, 0.2) is 6.20 Å². The quantitative estimate of drug-likeness (QED) is 0.562. The van der Waals surface area contributed by atoms with E-state index in [9.17, 15) is 9.59 Å². The Bertz CT molecular complexity index is 351. The summed E-state index contributed by atoms with van der Waals surface area (Å²) >= 11 is 0. The van der Waals surface area contributed by atoms with Gasteiger partial charge >= 0.3 is 6.03 Å². The van der Waals surface area contributed by atoms with Crippen molar-refractivity contribution in [3.05, 3.63) is 11.8 Å². The summed E-state index contributed by atoms with van der Waals surface area (Å²) in [7, 11) is 0. The summed E-state index contributed by atoms with van der Waals surface area (Å²) < 4.78 is 1.34. The van der Waals surface area contributed by atoms with E-state index in [-0.39, 0.29) is 6.54 Å². The standard InChI is InChI=1S/C7H11N5O2/c1-4-2-12(11-6(4)8)3-5(13)10-7(9)14/h2H,3H2,1H3,(H2,8,11)(H3,9,10,13,14). The third kappa shape index (κ3) is 2.47. The number of nitrogen functional groups attached to an aromatic ring is 1. The highest BCUT2D eigenvalue weighted by atomic mass is 16.2. The van der Waals surface area contributed by atoms with Crippen molar-refractivity contribution >= 4 is 17.8 Å². The van der Waals surface area contributed by atoms with Crippen molar-refractivity contribution in [3.8, 4) is 0 Å². The molecule has 7 nitrogen and oxygen atoms in total. The van der Waals surface area contributed by atoms with E-state index in [0.717, 1.165) is 5.56 Å². The number of nitrogens with one attached hydrogen (secondary N) is 1. The van der Waals surface area contributed by atoms with E-state index in [2.05, 4.69) is 5.10 Å². The van der Waals surface area contributed by atoms with Gasteiger partial charge in [-0.25, -0.2) is 4.79 Å². The number of urea groups is 1. The lowest BCUT2D eigenvalue weighted by Crippen LogP contribution is -2.37. The van der Waals surface area contributed by atoms with E-state index in [0.29, 0.717) is 5.82 Å². The highest BCUT2D eigenvalue weighted by Gasteiger charge is 2.07. The third-order valence-corrected chi connectivity index (χ3v) is 1.55. The number of nitrogens with two attached hydrogens (primary N) is 2. The number of carbonyl (C=O) groups is 2. The minimum atomic E-state index is -0.883. The molecule has 0 fully saturated rings. The van der Waals surface area contributed by atoms with Gasteiger partial charge in [0.1, 0.15) is 12.4 Å². The molecule has 1 aromatic heterocycles. The number of aromatic nitrogens is 2. The van der Waals surface area contributed by atoms with Crippen LogP contribution >= 0.6 is 0 Å². The summed E-state index contributed by atoms with van der Waals surface area (Å²) in [5.74, 6) is -0.170. The minimum absolute atomic E-state index is 0.0824. The van der Waals surface area contributed by atoms with Crippen molar-refractivity contribution in [2.24, 2.45) is 5.73 Å². The van der Waals surface area contributed by atoms with E-state index >= 15 is 0 Å². The fourth-order valence-corrected chi connectivity index (χ4v) is 0.941. The van der Waals surface area contributed by atoms with Crippen LogP contribution in [0.2, 0.25) is 0 Å². The molecule has 0 unspecified atom stereocenters. The van der Waals surface area contributed by atoms with Crippen LogP contribution < -0.4 is 16.8 Å². The van der Waals surface area contributed by atoms with Gasteiger partial charge in [-0.1, -0.05) is 0 Å². The molecule has 0 aromatic carbocycles. The van der Waals surface area contributed by atoms with Crippen LogP contribution in [0.4, 0.5) is 10.6 Å². The first kappa shape index (κ1) is 10.0. The summed E-state index contributed by atoms with van der Waals surface area (Å²) in [6.07, 6.45) is 1.61. The average molecular weight is 197 g/mol. The molecule has 76 valence electrons. The molecule has 0 bridgehead atoms. The number of carbonyl (C=O) groups excluding carboxylic acids is 2. The van der Waals surface area contributed by atoms with Crippen molar-refractivity contribution in [3.63, 3.8) is 0 Å². The molecular formula is C7H11N5O2. The number of aryl methyl sites for hydroxylation is 1. The van der Waals surface area contributed by atoms with Crippen molar-refractivity contribution in [1.82, 2.24) is 15.1 Å². The molecule has 0 atom stereocenters. The van der Waals surface area contributed by atoms with Gasteiger partial charge in [-0.2, -0.15) is 5.10 Å². The number of hydrogen-bond donors (Lipinski definition) is 3. The summed E-state index contributed by atoms with van der Waals surface area (Å²) in [5.41, 5.74) is 11.0. The Kier molecular flexibility index (Phi) is 2.70. The van der Waals surface area contributed by atoms with Crippen LogP contribution in [0, 0.1) is 6.92 Å². The number of primary amides is 1. The fraction of sp³-hybridized carbons (Fsp3) is 0.286. The van der Waals surface area contributed by atoms with E-state index < -0.39 is 11.9 Å². The van der Waals surface area contributed by atoms with Crippen LogP contribution in [0.25, 0.3) is 0 Å². The predicted molar refractivity (Wildman–Crippen MR) is 49.1 cm³/mol. The number of anilines is 1. The Morgan fingerprint density at radius 1 is 1.64 bits per heavy atom. The first-order valence-electron chi connectivity index (χ1n) is 3.88. The van der Waals surface area contributed by atoms with Crippen LogP contribution in [0.1, 0.15) is 5.56 Å². The van der Waals surface area contributed by atoms with Crippen LogP contribution in [0.3, 0.4) is 0 Å². The van der Waals surface area contributed by atoms with Gasteiger partial charge in [0, 0.05) is 11.8 Å².